The van der Waals surface area contributed by atoms with Gasteiger partial charge in [-0.05, 0) is 76.2 Å². The summed E-state index contributed by atoms with van der Waals surface area (Å²) in [5.74, 6) is 1.29. The zero-order valence-corrected chi connectivity index (χ0v) is 22.5. The minimum atomic E-state index is -3.55. The van der Waals surface area contributed by atoms with Crippen LogP contribution in [0.5, 0.6) is 0 Å². The predicted octanol–water partition coefficient (Wildman–Crippen LogP) is 4.63. The van der Waals surface area contributed by atoms with Gasteiger partial charge in [-0.1, -0.05) is 18.2 Å². The molecule has 3 heterocycles. The van der Waals surface area contributed by atoms with Crippen LogP contribution in [0.1, 0.15) is 26.7 Å². The Balaban J connectivity index is 1.31. The number of hydrogen-bond donors (Lipinski definition) is 3. The summed E-state index contributed by atoms with van der Waals surface area (Å²) < 4.78 is 27.4. The molecule has 5 rings (SSSR count). The number of rotatable bonds is 10. The van der Waals surface area contributed by atoms with E-state index in [9.17, 15) is 8.42 Å². The van der Waals surface area contributed by atoms with Crippen LogP contribution in [0.2, 0.25) is 0 Å². The van der Waals surface area contributed by atoms with Gasteiger partial charge in [0.25, 0.3) is 0 Å². The van der Waals surface area contributed by atoms with Crippen LogP contribution in [0.25, 0.3) is 22.0 Å². The standard InChI is InChI=1S/C28H33N7O2S/c1-20(2)34-38(36,37)24-11-9-23(10-12-24)32-28-31-19-22-6-5-7-25(27(22)33-28)21-8-13-26(30-18-21)29-14-17-35-15-3-4-16-35/h5-13,18-20,34H,3-4,14-17H2,1-2H3,(H,29,30)(H,31,32,33). The van der Waals surface area contributed by atoms with Gasteiger partial charge in [0, 0.05) is 53.7 Å². The fourth-order valence-corrected chi connectivity index (χ4v) is 5.83. The van der Waals surface area contributed by atoms with Crippen molar-refractivity contribution in [2.24, 2.45) is 0 Å². The van der Waals surface area contributed by atoms with Gasteiger partial charge in [0.05, 0.1) is 10.4 Å². The molecule has 2 aromatic carbocycles. The molecule has 1 aliphatic heterocycles. The summed E-state index contributed by atoms with van der Waals surface area (Å²) in [5, 5.41) is 7.52. The molecule has 0 saturated carbocycles. The molecule has 0 amide bonds. The van der Waals surface area contributed by atoms with Gasteiger partial charge < -0.3 is 15.5 Å². The Morgan fingerprint density at radius 1 is 0.947 bits per heavy atom. The molecular formula is C28H33N7O2S. The summed E-state index contributed by atoms with van der Waals surface area (Å²) in [5.41, 5.74) is 3.43. The zero-order chi connectivity index (χ0) is 26.5. The van der Waals surface area contributed by atoms with Crippen molar-refractivity contribution in [1.29, 1.82) is 0 Å². The Bertz CT molecular complexity index is 1480. The first kappa shape index (κ1) is 26.0. The SMILES string of the molecule is CC(C)NS(=O)(=O)c1ccc(Nc2ncc3cccc(-c4ccc(NCCN5CCCC5)nc4)c3n2)cc1. The van der Waals surface area contributed by atoms with Crippen LogP contribution >= 0.6 is 0 Å². The van der Waals surface area contributed by atoms with E-state index in [4.69, 9.17) is 4.98 Å². The summed E-state index contributed by atoms with van der Waals surface area (Å²) in [4.78, 5) is 16.5. The second-order valence-electron chi connectivity index (χ2n) is 9.77. The fraction of sp³-hybridized carbons (Fsp3) is 0.321. The maximum Gasteiger partial charge on any atom is 0.240 e. The Hall–Kier alpha value is -3.60. The zero-order valence-electron chi connectivity index (χ0n) is 21.7. The second kappa shape index (κ2) is 11.4. The van der Waals surface area contributed by atoms with Crippen molar-refractivity contribution >= 4 is 38.4 Å². The number of likely N-dealkylation sites (tertiary alicyclic amines) is 1. The summed E-state index contributed by atoms with van der Waals surface area (Å²) in [6, 6.07) is 16.4. The lowest BCUT2D eigenvalue weighted by Crippen LogP contribution is -2.30. The number of pyridine rings is 1. The highest BCUT2D eigenvalue weighted by atomic mass is 32.2. The van der Waals surface area contributed by atoms with E-state index in [2.05, 4.69) is 36.3 Å². The van der Waals surface area contributed by atoms with Crippen LogP contribution in [-0.2, 0) is 10.0 Å². The van der Waals surface area contributed by atoms with E-state index < -0.39 is 10.0 Å². The predicted molar refractivity (Wildman–Crippen MR) is 152 cm³/mol. The normalized spacial score (nSPS) is 14.3. The molecule has 9 nitrogen and oxygen atoms in total. The molecule has 10 heteroatoms. The van der Waals surface area contributed by atoms with E-state index in [1.165, 1.54) is 25.9 Å². The topological polar surface area (TPSA) is 112 Å². The van der Waals surface area contributed by atoms with Crippen molar-refractivity contribution in [2.45, 2.75) is 37.6 Å². The van der Waals surface area contributed by atoms with Crippen LogP contribution in [0.15, 0.2) is 71.9 Å². The second-order valence-corrected chi connectivity index (χ2v) is 11.5. The molecule has 0 aliphatic carbocycles. The molecule has 3 N–H and O–H groups in total. The molecule has 4 aromatic rings. The quantitative estimate of drug-likeness (QED) is 0.272. The van der Waals surface area contributed by atoms with Crippen molar-refractivity contribution < 1.29 is 8.42 Å². The minimum Gasteiger partial charge on any atom is -0.369 e. The van der Waals surface area contributed by atoms with E-state index in [0.717, 1.165) is 40.9 Å². The number of anilines is 3. The molecule has 0 unspecified atom stereocenters. The molecule has 0 atom stereocenters. The van der Waals surface area contributed by atoms with Crippen LogP contribution in [0.3, 0.4) is 0 Å². The average Bonchev–Trinajstić information content (AvgIpc) is 3.42. The molecule has 198 valence electrons. The van der Waals surface area contributed by atoms with Gasteiger partial charge in [-0.3, -0.25) is 0 Å². The van der Waals surface area contributed by atoms with Gasteiger partial charge in [0.1, 0.15) is 5.82 Å². The molecule has 1 saturated heterocycles. The molecule has 0 spiro atoms. The maximum absolute atomic E-state index is 12.4. The van der Waals surface area contributed by atoms with Crippen LogP contribution in [0, 0.1) is 0 Å². The van der Waals surface area contributed by atoms with E-state index in [1.54, 1.807) is 44.3 Å². The fourth-order valence-electron chi connectivity index (χ4n) is 4.58. The first-order valence-corrected chi connectivity index (χ1v) is 14.4. The minimum absolute atomic E-state index is 0.180. The third-order valence-electron chi connectivity index (χ3n) is 6.43. The maximum atomic E-state index is 12.4. The van der Waals surface area contributed by atoms with Crippen molar-refractivity contribution in [2.75, 3.05) is 36.8 Å². The average molecular weight is 532 g/mol. The van der Waals surface area contributed by atoms with E-state index in [0.29, 0.717) is 11.6 Å². The Morgan fingerprint density at radius 3 is 2.45 bits per heavy atom. The summed E-state index contributed by atoms with van der Waals surface area (Å²) in [7, 11) is -3.55. The van der Waals surface area contributed by atoms with E-state index in [-0.39, 0.29) is 10.9 Å². The van der Waals surface area contributed by atoms with Crippen molar-refractivity contribution in [1.82, 2.24) is 24.6 Å². The lowest BCUT2D eigenvalue weighted by atomic mass is 10.0. The Morgan fingerprint density at radius 2 is 1.74 bits per heavy atom. The number of aromatic nitrogens is 3. The van der Waals surface area contributed by atoms with Crippen LogP contribution in [-0.4, -0.2) is 60.5 Å². The highest BCUT2D eigenvalue weighted by molar-refractivity contribution is 7.89. The molecular weight excluding hydrogens is 498 g/mol. The first-order chi connectivity index (χ1) is 18.4. The molecule has 1 fully saturated rings. The number of benzene rings is 2. The lowest BCUT2D eigenvalue weighted by Gasteiger charge is -2.15. The smallest absolute Gasteiger partial charge is 0.240 e. The van der Waals surface area contributed by atoms with Gasteiger partial charge in [0.2, 0.25) is 16.0 Å². The monoisotopic (exact) mass is 531 g/mol. The number of fused-ring (bicyclic) bond motifs is 1. The molecule has 38 heavy (non-hydrogen) atoms. The third kappa shape index (κ3) is 6.27. The number of sulfonamides is 1. The van der Waals surface area contributed by atoms with Crippen LogP contribution in [0.4, 0.5) is 17.5 Å². The molecule has 1 aliphatic rings. The summed E-state index contributed by atoms with van der Waals surface area (Å²) in [6.07, 6.45) is 6.24. The number of nitrogens with one attached hydrogen (secondary N) is 3. The van der Waals surface area contributed by atoms with Gasteiger partial charge in [-0.15, -0.1) is 0 Å². The number of hydrogen-bond acceptors (Lipinski definition) is 8. The first-order valence-electron chi connectivity index (χ1n) is 13.0. The van der Waals surface area contributed by atoms with E-state index >= 15 is 0 Å². The van der Waals surface area contributed by atoms with Gasteiger partial charge in [-0.2, -0.15) is 0 Å². The van der Waals surface area contributed by atoms with Crippen molar-refractivity contribution in [3.63, 3.8) is 0 Å². The Labute approximate surface area is 223 Å². The third-order valence-corrected chi connectivity index (χ3v) is 8.10. The van der Waals surface area contributed by atoms with Crippen molar-refractivity contribution in [3.8, 4) is 11.1 Å². The summed E-state index contributed by atoms with van der Waals surface area (Å²) >= 11 is 0. The van der Waals surface area contributed by atoms with Gasteiger partial charge in [0.15, 0.2) is 0 Å². The van der Waals surface area contributed by atoms with Crippen LogP contribution < -0.4 is 15.4 Å². The molecule has 0 radical (unpaired) electrons. The van der Waals surface area contributed by atoms with E-state index in [1.807, 2.05) is 30.5 Å². The lowest BCUT2D eigenvalue weighted by molar-refractivity contribution is 0.352. The highest BCUT2D eigenvalue weighted by Gasteiger charge is 2.15. The number of para-hydroxylation sites is 1. The van der Waals surface area contributed by atoms with Gasteiger partial charge >= 0.3 is 0 Å². The van der Waals surface area contributed by atoms with Gasteiger partial charge in [-0.25, -0.2) is 28.1 Å². The highest BCUT2D eigenvalue weighted by Crippen LogP contribution is 2.28. The Kier molecular flexibility index (Phi) is 7.82. The number of nitrogens with zero attached hydrogens (tertiary/aromatic N) is 4. The largest absolute Gasteiger partial charge is 0.369 e. The molecule has 2 aromatic heterocycles. The van der Waals surface area contributed by atoms with Crippen molar-refractivity contribution in [3.05, 3.63) is 67.0 Å². The molecule has 0 bridgehead atoms. The summed E-state index contributed by atoms with van der Waals surface area (Å²) in [6.45, 7) is 7.87.